The van der Waals surface area contributed by atoms with Crippen LogP contribution in [0.15, 0.2) is 48.5 Å². The van der Waals surface area contributed by atoms with Crippen molar-refractivity contribution >= 4 is 29.5 Å². The van der Waals surface area contributed by atoms with E-state index in [0.717, 1.165) is 16.7 Å². The van der Waals surface area contributed by atoms with Crippen molar-refractivity contribution in [2.24, 2.45) is 29.0 Å². The second kappa shape index (κ2) is 19.1. The van der Waals surface area contributed by atoms with E-state index in [1.165, 1.54) is 0 Å². The number of rotatable bonds is 19. The fourth-order valence-electron chi connectivity index (χ4n) is 4.61. The first-order valence-electron chi connectivity index (χ1n) is 15.6. The van der Waals surface area contributed by atoms with Crippen LogP contribution >= 0.6 is 0 Å². The Morgan fingerprint density at radius 2 is 1.30 bits per heavy atom. The van der Waals surface area contributed by atoms with Crippen LogP contribution in [0.25, 0.3) is 0 Å². The van der Waals surface area contributed by atoms with Crippen molar-refractivity contribution in [2.45, 2.75) is 84.1 Å². The maximum Gasteiger partial charge on any atom is 0.243 e. The topological polar surface area (TPSA) is 232 Å². The average molecular weight is 640 g/mol. The van der Waals surface area contributed by atoms with Crippen molar-refractivity contribution in [1.29, 1.82) is 0 Å². The molecule has 46 heavy (non-hydrogen) atoms. The molecule has 11 N–H and O–H groups in total. The maximum absolute atomic E-state index is 13.5. The van der Waals surface area contributed by atoms with E-state index in [-0.39, 0.29) is 49.4 Å². The van der Waals surface area contributed by atoms with Crippen molar-refractivity contribution in [2.75, 3.05) is 6.54 Å². The first-order valence-corrected chi connectivity index (χ1v) is 15.6. The fourth-order valence-corrected chi connectivity index (χ4v) is 4.61. The van der Waals surface area contributed by atoms with Crippen LogP contribution in [0, 0.1) is 11.8 Å². The van der Waals surface area contributed by atoms with Gasteiger partial charge in [0.25, 0.3) is 0 Å². The quantitative estimate of drug-likeness (QED) is 0.107. The van der Waals surface area contributed by atoms with E-state index < -0.39 is 41.8 Å². The molecule has 13 nitrogen and oxygen atoms in total. The summed E-state index contributed by atoms with van der Waals surface area (Å²) in [7, 11) is 0. The lowest BCUT2D eigenvalue weighted by Crippen LogP contribution is -2.56. The summed E-state index contributed by atoms with van der Waals surface area (Å²) < 4.78 is 0. The minimum atomic E-state index is -1.06. The van der Waals surface area contributed by atoms with Crippen molar-refractivity contribution in [3.8, 4) is 5.75 Å². The fraction of sp³-hybridized carbons (Fsp3) is 0.485. The number of amides is 5. The molecule has 1 unspecified atom stereocenters. The van der Waals surface area contributed by atoms with E-state index in [1.807, 2.05) is 26.0 Å². The van der Waals surface area contributed by atoms with Crippen molar-refractivity contribution < 1.29 is 29.1 Å². The van der Waals surface area contributed by atoms with E-state index in [2.05, 4.69) is 21.3 Å². The van der Waals surface area contributed by atoms with Gasteiger partial charge in [-0.1, -0.05) is 63.6 Å². The first kappa shape index (κ1) is 37.7. The van der Waals surface area contributed by atoms with Crippen LogP contribution < -0.4 is 38.5 Å². The van der Waals surface area contributed by atoms with E-state index in [1.54, 1.807) is 43.3 Å². The Balaban J connectivity index is 2.02. The van der Waals surface area contributed by atoms with Crippen LogP contribution in [-0.2, 0) is 43.5 Å². The van der Waals surface area contributed by atoms with Crippen molar-refractivity contribution in [1.82, 2.24) is 21.3 Å². The molecule has 0 aliphatic heterocycles. The van der Waals surface area contributed by atoms with Gasteiger partial charge in [0.15, 0.2) is 0 Å². The molecule has 5 amide bonds. The Morgan fingerprint density at radius 1 is 0.761 bits per heavy atom. The molecule has 2 rings (SSSR count). The van der Waals surface area contributed by atoms with Gasteiger partial charge in [-0.3, -0.25) is 24.0 Å². The summed E-state index contributed by atoms with van der Waals surface area (Å²) in [6, 6.07) is 11.1. The van der Waals surface area contributed by atoms with Crippen LogP contribution in [-0.4, -0.2) is 59.3 Å². The summed E-state index contributed by atoms with van der Waals surface area (Å²) in [5.74, 6) is -2.86. The zero-order chi connectivity index (χ0) is 34.2. The molecule has 0 radical (unpaired) electrons. The Kier molecular flexibility index (Phi) is 15.7. The normalized spacial score (nSPS) is 14.2. The standard InChI is InChI=1S/C33H49N7O6/c1-4-20(2)29(40-30(43)21(3)17-22-9-11-25(41)12-10-22)33(46)39-27(13-14-28(36)42)32(45)38-19-24-7-5-23(6-8-24)18-37-31(44)26(35)15-16-34/h5-12,20-21,26-27,29,41H,4,13-19,34-35H2,1-3H3,(H2,36,42)(H,37,44)(H,38,45)(H,39,46)(H,40,43)/t20?,21-,26-,27-,29-/m0/s1. The molecule has 0 saturated carbocycles. The van der Waals surface area contributed by atoms with Gasteiger partial charge in [0.1, 0.15) is 17.8 Å². The summed E-state index contributed by atoms with van der Waals surface area (Å²) >= 11 is 0. The highest BCUT2D eigenvalue weighted by Gasteiger charge is 2.31. The number of benzene rings is 2. The summed E-state index contributed by atoms with van der Waals surface area (Å²) in [6.45, 7) is 6.23. The summed E-state index contributed by atoms with van der Waals surface area (Å²) in [6.07, 6.45) is 1.24. The molecule has 0 fully saturated rings. The van der Waals surface area contributed by atoms with Crippen molar-refractivity contribution in [3.05, 3.63) is 65.2 Å². The molecule has 0 bridgehead atoms. The number of nitrogens with one attached hydrogen (secondary N) is 4. The minimum absolute atomic E-state index is 0.0176. The molecule has 0 aliphatic rings. The summed E-state index contributed by atoms with van der Waals surface area (Å²) in [5.41, 5.74) is 19.0. The van der Waals surface area contributed by atoms with Gasteiger partial charge in [-0.2, -0.15) is 0 Å². The van der Waals surface area contributed by atoms with E-state index in [0.29, 0.717) is 25.8 Å². The number of hydrogen-bond donors (Lipinski definition) is 8. The van der Waals surface area contributed by atoms with E-state index in [9.17, 15) is 29.1 Å². The molecule has 5 atom stereocenters. The van der Waals surface area contributed by atoms with Crippen LogP contribution in [0.5, 0.6) is 5.75 Å². The minimum Gasteiger partial charge on any atom is -0.508 e. The molecule has 0 heterocycles. The van der Waals surface area contributed by atoms with Gasteiger partial charge in [0, 0.05) is 25.4 Å². The number of phenolic OH excluding ortho intramolecular Hbond substituents is 1. The molecule has 2 aromatic carbocycles. The van der Waals surface area contributed by atoms with Gasteiger partial charge >= 0.3 is 0 Å². The van der Waals surface area contributed by atoms with Gasteiger partial charge in [0.05, 0.1) is 6.04 Å². The Morgan fingerprint density at radius 3 is 1.83 bits per heavy atom. The molecule has 0 saturated heterocycles. The van der Waals surface area contributed by atoms with Crippen LogP contribution in [0.4, 0.5) is 0 Å². The van der Waals surface area contributed by atoms with Crippen LogP contribution in [0.2, 0.25) is 0 Å². The number of aromatic hydroxyl groups is 1. The Bertz CT molecular complexity index is 1300. The zero-order valence-corrected chi connectivity index (χ0v) is 26.9. The Hall–Kier alpha value is -4.49. The number of phenols is 1. The van der Waals surface area contributed by atoms with E-state index >= 15 is 0 Å². The third-order valence-corrected chi connectivity index (χ3v) is 7.80. The van der Waals surface area contributed by atoms with Crippen molar-refractivity contribution in [3.63, 3.8) is 0 Å². The second-order valence-corrected chi connectivity index (χ2v) is 11.6. The molecule has 13 heteroatoms. The highest BCUT2D eigenvalue weighted by Crippen LogP contribution is 2.16. The largest absolute Gasteiger partial charge is 0.508 e. The zero-order valence-electron chi connectivity index (χ0n) is 26.9. The number of carbonyl (C=O) groups is 5. The Labute approximate surface area is 270 Å². The average Bonchev–Trinajstić information content (AvgIpc) is 3.04. The predicted molar refractivity (Wildman–Crippen MR) is 175 cm³/mol. The molecule has 2 aromatic rings. The molecular formula is C33H49N7O6. The number of hydrogen-bond acceptors (Lipinski definition) is 8. The second-order valence-electron chi connectivity index (χ2n) is 11.6. The lowest BCUT2D eigenvalue weighted by Gasteiger charge is -2.27. The van der Waals surface area contributed by atoms with Crippen LogP contribution in [0.1, 0.15) is 63.1 Å². The van der Waals surface area contributed by atoms with Gasteiger partial charge < -0.3 is 43.6 Å². The van der Waals surface area contributed by atoms with Crippen LogP contribution in [0.3, 0.4) is 0 Å². The number of primary amides is 1. The third kappa shape index (κ3) is 12.9. The lowest BCUT2D eigenvalue weighted by molar-refractivity contribution is -0.134. The molecule has 252 valence electrons. The van der Waals surface area contributed by atoms with Gasteiger partial charge in [-0.05, 0) is 60.5 Å². The molecule has 0 aromatic heterocycles. The summed E-state index contributed by atoms with van der Waals surface area (Å²) in [5, 5.41) is 20.6. The number of carbonyl (C=O) groups excluding carboxylic acids is 5. The summed E-state index contributed by atoms with van der Waals surface area (Å²) in [4.78, 5) is 63.3. The highest BCUT2D eigenvalue weighted by atomic mass is 16.3. The van der Waals surface area contributed by atoms with Gasteiger partial charge in [-0.15, -0.1) is 0 Å². The SMILES string of the molecule is CCC(C)[C@H](NC(=O)[C@@H](C)Cc1ccc(O)cc1)C(=O)N[C@@H](CCC(N)=O)C(=O)NCc1ccc(CNC(=O)[C@@H](N)CCN)cc1. The molecular weight excluding hydrogens is 590 g/mol. The smallest absolute Gasteiger partial charge is 0.243 e. The monoisotopic (exact) mass is 639 g/mol. The maximum atomic E-state index is 13.5. The first-order chi connectivity index (χ1) is 21.8. The van der Waals surface area contributed by atoms with Gasteiger partial charge in [0.2, 0.25) is 29.5 Å². The predicted octanol–water partition coefficient (Wildman–Crippen LogP) is 0.461. The molecule has 0 aliphatic carbocycles. The number of nitrogens with two attached hydrogens (primary N) is 3. The van der Waals surface area contributed by atoms with Gasteiger partial charge in [-0.25, -0.2) is 0 Å². The van der Waals surface area contributed by atoms with E-state index in [4.69, 9.17) is 17.2 Å². The molecule has 0 spiro atoms. The highest BCUT2D eigenvalue weighted by molar-refractivity contribution is 5.93. The third-order valence-electron chi connectivity index (χ3n) is 7.80. The lowest BCUT2D eigenvalue weighted by atomic mass is 9.95.